The Balaban J connectivity index is 1.83. The molecule has 5 nitrogen and oxygen atoms in total. The molecule has 0 aliphatic carbocycles. The number of piperazine rings is 1. The van der Waals surface area contributed by atoms with Crippen LogP contribution in [0.4, 0.5) is 0 Å². The molecule has 1 fully saturated rings. The van der Waals surface area contributed by atoms with Crippen molar-refractivity contribution in [1.29, 1.82) is 0 Å². The molecule has 5 heteroatoms. The maximum Gasteiger partial charge on any atom is 0.0983 e. The molecule has 106 valence electrons. The minimum absolute atomic E-state index is 0.558. The number of nitrogens with one attached hydrogen (secondary N) is 1. The van der Waals surface area contributed by atoms with E-state index in [-0.39, 0.29) is 0 Å². The lowest BCUT2D eigenvalue weighted by Crippen LogP contribution is -2.48. The second-order valence-corrected chi connectivity index (χ2v) is 5.51. The fourth-order valence-corrected chi connectivity index (χ4v) is 2.80. The third-order valence-electron chi connectivity index (χ3n) is 3.69. The molecule has 3 heterocycles. The van der Waals surface area contributed by atoms with Gasteiger partial charge in [0.2, 0.25) is 0 Å². The van der Waals surface area contributed by atoms with E-state index in [2.05, 4.69) is 39.5 Å². The average Bonchev–Trinajstić information content (AvgIpc) is 2.80. The molecule has 20 heavy (non-hydrogen) atoms. The standard InChI is InChI=1S/C15H21N5/c1-12-9-20(7-6-17-12)11-14-10-19(2)18-15(14)13-4-3-5-16-8-13/h3-5,8,10,12,17H,6-7,9,11H2,1-2H3/t12-/m0/s1. The molecule has 2 aromatic heterocycles. The van der Waals surface area contributed by atoms with Crippen molar-refractivity contribution in [2.24, 2.45) is 7.05 Å². The maximum absolute atomic E-state index is 4.60. The van der Waals surface area contributed by atoms with Gasteiger partial charge in [0.05, 0.1) is 5.69 Å². The molecular formula is C15H21N5. The van der Waals surface area contributed by atoms with Crippen LogP contribution in [0.25, 0.3) is 11.3 Å². The molecule has 0 saturated carbocycles. The van der Waals surface area contributed by atoms with Crippen molar-refractivity contribution < 1.29 is 0 Å². The number of aromatic nitrogens is 3. The first kappa shape index (κ1) is 13.3. The van der Waals surface area contributed by atoms with Crippen LogP contribution in [0.5, 0.6) is 0 Å². The third-order valence-corrected chi connectivity index (χ3v) is 3.69. The van der Waals surface area contributed by atoms with Crippen molar-refractivity contribution in [2.45, 2.75) is 19.5 Å². The van der Waals surface area contributed by atoms with Crippen LogP contribution >= 0.6 is 0 Å². The predicted molar refractivity (Wildman–Crippen MR) is 79.2 cm³/mol. The van der Waals surface area contributed by atoms with Crippen LogP contribution in [0, 0.1) is 0 Å². The van der Waals surface area contributed by atoms with Crippen molar-refractivity contribution in [3.05, 3.63) is 36.3 Å². The Morgan fingerprint density at radius 3 is 3.10 bits per heavy atom. The highest BCUT2D eigenvalue weighted by Gasteiger charge is 2.18. The van der Waals surface area contributed by atoms with Crippen molar-refractivity contribution in [3.63, 3.8) is 0 Å². The Labute approximate surface area is 119 Å². The van der Waals surface area contributed by atoms with Gasteiger partial charge in [0, 0.05) is 69.0 Å². The molecule has 0 aromatic carbocycles. The first-order valence-corrected chi connectivity index (χ1v) is 7.11. The summed E-state index contributed by atoms with van der Waals surface area (Å²) in [7, 11) is 1.98. The van der Waals surface area contributed by atoms with Gasteiger partial charge >= 0.3 is 0 Å². The number of nitrogens with zero attached hydrogens (tertiary/aromatic N) is 4. The van der Waals surface area contributed by atoms with Gasteiger partial charge in [0.25, 0.3) is 0 Å². The summed E-state index contributed by atoms with van der Waals surface area (Å²) in [5, 5.41) is 8.08. The molecule has 0 bridgehead atoms. The zero-order valence-electron chi connectivity index (χ0n) is 12.1. The highest BCUT2D eigenvalue weighted by Crippen LogP contribution is 2.22. The van der Waals surface area contributed by atoms with E-state index in [9.17, 15) is 0 Å². The zero-order chi connectivity index (χ0) is 13.9. The number of hydrogen-bond donors (Lipinski definition) is 1. The van der Waals surface area contributed by atoms with E-state index in [1.165, 1.54) is 5.56 Å². The van der Waals surface area contributed by atoms with Gasteiger partial charge in [-0.25, -0.2) is 0 Å². The van der Waals surface area contributed by atoms with Gasteiger partial charge in [0.15, 0.2) is 0 Å². The van der Waals surface area contributed by atoms with E-state index in [4.69, 9.17) is 0 Å². The summed E-state index contributed by atoms with van der Waals surface area (Å²) in [6.45, 7) is 6.41. The second-order valence-electron chi connectivity index (χ2n) is 5.51. The highest BCUT2D eigenvalue weighted by molar-refractivity contribution is 5.61. The highest BCUT2D eigenvalue weighted by atomic mass is 15.3. The zero-order valence-corrected chi connectivity index (χ0v) is 12.1. The van der Waals surface area contributed by atoms with Crippen LogP contribution in [0.1, 0.15) is 12.5 Å². The van der Waals surface area contributed by atoms with Gasteiger partial charge in [-0.05, 0) is 19.1 Å². The van der Waals surface area contributed by atoms with Crippen LogP contribution in [-0.4, -0.2) is 45.3 Å². The van der Waals surface area contributed by atoms with Crippen LogP contribution in [-0.2, 0) is 13.6 Å². The van der Waals surface area contributed by atoms with Crippen LogP contribution < -0.4 is 5.32 Å². The van der Waals surface area contributed by atoms with E-state index in [0.717, 1.165) is 37.4 Å². The molecule has 0 amide bonds. The van der Waals surface area contributed by atoms with Crippen LogP contribution in [0.2, 0.25) is 0 Å². The van der Waals surface area contributed by atoms with Crippen molar-refractivity contribution in [3.8, 4) is 11.3 Å². The minimum Gasteiger partial charge on any atom is -0.312 e. The van der Waals surface area contributed by atoms with Gasteiger partial charge in [0.1, 0.15) is 0 Å². The summed E-state index contributed by atoms with van der Waals surface area (Å²) in [4.78, 5) is 6.68. The van der Waals surface area contributed by atoms with Gasteiger partial charge < -0.3 is 5.32 Å². The molecule has 3 rings (SSSR count). The number of rotatable bonds is 3. The maximum atomic E-state index is 4.60. The summed E-state index contributed by atoms with van der Waals surface area (Å²) in [5.74, 6) is 0. The van der Waals surface area contributed by atoms with Crippen molar-refractivity contribution in [2.75, 3.05) is 19.6 Å². The van der Waals surface area contributed by atoms with Crippen LogP contribution in [0.15, 0.2) is 30.7 Å². The second kappa shape index (κ2) is 5.73. The molecule has 1 N–H and O–H groups in total. The van der Waals surface area contributed by atoms with Crippen molar-refractivity contribution in [1.82, 2.24) is 25.0 Å². The first-order valence-electron chi connectivity index (χ1n) is 7.11. The molecule has 1 saturated heterocycles. The number of pyridine rings is 1. The van der Waals surface area contributed by atoms with Gasteiger partial charge in [-0.15, -0.1) is 0 Å². The van der Waals surface area contributed by atoms with E-state index in [1.807, 2.05) is 24.0 Å². The van der Waals surface area contributed by atoms with Gasteiger partial charge in [-0.1, -0.05) is 0 Å². The minimum atomic E-state index is 0.558. The third kappa shape index (κ3) is 2.89. The largest absolute Gasteiger partial charge is 0.312 e. The topological polar surface area (TPSA) is 46.0 Å². The predicted octanol–water partition coefficient (Wildman–Crippen LogP) is 1.28. The van der Waals surface area contributed by atoms with E-state index in [0.29, 0.717) is 6.04 Å². The summed E-state index contributed by atoms with van der Waals surface area (Å²) in [6, 6.07) is 4.59. The average molecular weight is 271 g/mol. The number of hydrogen-bond acceptors (Lipinski definition) is 4. The van der Waals surface area contributed by atoms with E-state index in [1.54, 1.807) is 6.20 Å². The Bertz CT molecular complexity index is 563. The van der Waals surface area contributed by atoms with Crippen LogP contribution in [0.3, 0.4) is 0 Å². The molecule has 0 spiro atoms. The van der Waals surface area contributed by atoms with Gasteiger partial charge in [-0.2, -0.15) is 5.10 Å². The molecule has 1 atom stereocenters. The normalized spacial score (nSPS) is 20.2. The van der Waals surface area contributed by atoms with Gasteiger partial charge in [-0.3, -0.25) is 14.6 Å². The lowest BCUT2D eigenvalue weighted by Gasteiger charge is -2.31. The lowest BCUT2D eigenvalue weighted by atomic mass is 10.1. The fourth-order valence-electron chi connectivity index (χ4n) is 2.80. The molecule has 2 aromatic rings. The first-order chi connectivity index (χ1) is 9.72. The fraction of sp³-hybridized carbons (Fsp3) is 0.467. The van der Waals surface area contributed by atoms with E-state index < -0.39 is 0 Å². The lowest BCUT2D eigenvalue weighted by molar-refractivity contribution is 0.200. The Morgan fingerprint density at radius 2 is 2.35 bits per heavy atom. The summed E-state index contributed by atoms with van der Waals surface area (Å²) < 4.78 is 1.89. The monoisotopic (exact) mass is 271 g/mol. The summed E-state index contributed by atoms with van der Waals surface area (Å²) in [5.41, 5.74) is 3.41. The smallest absolute Gasteiger partial charge is 0.0983 e. The van der Waals surface area contributed by atoms with Crippen molar-refractivity contribution >= 4 is 0 Å². The Kier molecular flexibility index (Phi) is 3.80. The Hall–Kier alpha value is -1.72. The SMILES string of the molecule is C[C@H]1CN(Cc2cn(C)nc2-c2cccnc2)CCN1. The Morgan fingerprint density at radius 1 is 1.45 bits per heavy atom. The molecule has 1 aliphatic rings. The molecular weight excluding hydrogens is 250 g/mol. The number of aryl methyl sites for hydroxylation is 1. The molecule has 0 radical (unpaired) electrons. The summed E-state index contributed by atoms with van der Waals surface area (Å²) >= 11 is 0. The van der Waals surface area contributed by atoms with E-state index >= 15 is 0 Å². The molecule has 1 aliphatic heterocycles. The quantitative estimate of drug-likeness (QED) is 0.913. The summed E-state index contributed by atoms with van der Waals surface area (Å²) in [6.07, 6.45) is 5.80. The molecule has 0 unspecified atom stereocenters.